The highest BCUT2D eigenvalue weighted by molar-refractivity contribution is 7.17. The van der Waals surface area contributed by atoms with Crippen molar-refractivity contribution in [2.75, 3.05) is 11.5 Å². The molecule has 3 heterocycles. The second-order valence-corrected chi connectivity index (χ2v) is 9.44. The third-order valence-corrected chi connectivity index (χ3v) is 7.06. The zero-order valence-corrected chi connectivity index (χ0v) is 20.3. The molecule has 7 nitrogen and oxygen atoms in total. The Morgan fingerprint density at radius 1 is 1.14 bits per heavy atom. The fraction of sp³-hybridized carbons (Fsp3) is 0.185. The number of ether oxygens (including phenoxy) is 1. The topological polar surface area (TPSA) is 89.7 Å². The van der Waals surface area contributed by atoms with Crippen LogP contribution in [0, 0.1) is 20.8 Å². The van der Waals surface area contributed by atoms with Gasteiger partial charge in [0.25, 0.3) is 5.91 Å². The van der Waals surface area contributed by atoms with E-state index in [1.165, 1.54) is 11.0 Å². The van der Waals surface area contributed by atoms with E-state index in [2.05, 4.69) is 11.6 Å². The molecular formula is C27H22N2O5S. The van der Waals surface area contributed by atoms with Gasteiger partial charge in [-0.3, -0.25) is 14.5 Å². The minimum absolute atomic E-state index is 0.0134. The molecule has 0 spiro atoms. The average Bonchev–Trinajstić information content (AvgIpc) is 3.36. The Morgan fingerprint density at radius 2 is 1.86 bits per heavy atom. The molecule has 0 bridgehead atoms. The molecule has 2 aromatic heterocycles. The molecule has 0 saturated carbocycles. The summed E-state index contributed by atoms with van der Waals surface area (Å²) >= 11 is 1.05. The number of carbonyl (C=O) groups is 2. The van der Waals surface area contributed by atoms with Crippen LogP contribution in [0.1, 0.15) is 54.2 Å². The Kier molecular flexibility index (Phi) is 5.61. The number of thiazole rings is 1. The number of fused-ring (bicyclic) bond motifs is 2. The summed E-state index contributed by atoms with van der Waals surface area (Å²) in [5.41, 5.74) is 3.49. The molecule has 5 rings (SSSR count). The van der Waals surface area contributed by atoms with Gasteiger partial charge in [0.05, 0.1) is 22.7 Å². The number of benzene rings is 2. The van der Waals surface area contributed by atoms with E-state index in [0.717, 1.165) is 28.0 Å². The van der Waals surface area contributed by atoms with Gasteiger partial charge in [0.1, 0.15) is 17.1 Å². The van der Waals surface area contributed by atoms with E-state index in [0.29, 0.717) is 16.7 Å². The smallest absolute Gasteiger partial charge is 0.350 e. The van der Waals surface area contributed by atoms with Crippen molar-refractivity contribution in [1.82, 2.24) is 4.98 Å². The average molecular weight is 487 g/mol. The van der Waals surface area contributed by atoms with E-state index < -0.39 is 17.9 Å². The standard InChI is InChI=1S/C27H22N2O5S/c1-5-12-33-26(32)24-16(4)28-27(35-24)29-21(17-9-6-14(2)7-10-17)20-22(30)18-13-15(3)8-11-19(18)34-23(20)25(29)31/h5-11,13,21H,1,12H2,2-4H3/t21-/m0/s1. The maximum atomic E-state index is 13.7. The third kappa shape index (κ3) is 3.76. The van der Waals surface area contributed by atoms with Crippen LogP contribution in [0.15, 0.2) is 64.3 Å². The normalized spacial score (nSPS) is 14.9. The lowest BCUT2D eigenvalue weighted by atomic mass is 9.97. The van der Waals surface area contributed by atoms with Crippen molar-refractivity contribution in [2.45, 2.75) is 26.8 Å². The summed E-state index contributed by atoms with van der Waals surface area (Å²) in [5, 5.41) is 0.703. The van der Waals surface area contributed by atoms with Crippen LogP contribution in [0.2, 0.25) is 0 Å². The number of aryl methyl sites for hydroxylation is 3. The number of carbonyl (C=O) groups excluding carboxylic acids is 2. The molecule has 0 N–H and O–H groups in total. The summed E-state index contributed by atoms with van der Waals surface area (Å²) in [4.78, 5) is 46.2. The van der Waals surface area contributed by atoms with Gasteiger partial charge in [-0.2, -0.15) is 0 Å². The lowest BCUT2D eigenvalue weighted by Crippen LogP contribution is -2.29. The number of rotatable bonds is 5. The van der Waals surface area contributed by atoms with Gasteiger partial charge in [0, 0.05) is 0 Å². The number of esters is 1. The predicted molar refractivity (Wildman–Crippen MR) is 134 cm³/mol. The fourth-order valence-electron chi connectivity index (χ4n) is 4.22. The fourth-order valence-corrected chi connectivity index (χ4v) is 5.21. The van der Waals surface area contributed by atoms with Gasteiger partial charge < -0.3 is 9.15 Å². The summed E-state index contributed by atoms with van der Waals surface area (Å²) in [5.74, 6) is -1.04. The van der Waals surface area contributed by atoms with Gasteiger partial charge >= 0.3 is 5.97 Å². The van der Waals surface area contributed by atoms with Gasteiger partial charge in [0.15, 0.2) is 10.6 Å². The van der Waals surface area contributed by atoms with Crippen LogP contribution in [0.3, 0.4) is 0 Å². The Hall–Kier alpha value is -4.04. The molecule has 0 fully saturated rings. The Labute approximate surface area is 205 Å². The van der Waals surface area contributed by atoms with E-state index in [9.17, 15) is 14.4 Å². The van der Waals surface area contributed by atoms with Crippen LogP contribution in [0.25, 0.3) is 11.0 Å². The lowest BCUT2D eigenvalue weighted by Gasteiger charge is -2.22. The first-order valence-corrected chi connectivity index (χ1v) is 11.8. The van der Waals surface area contributed by atoms with Crippen LogP contribution in [0.4, 0.5) is 5.13 Å². The summed E-state index contributed by atoms with van der Waals surface area (Å²) in [6, 6.07) is 12.2. The number of aromatic nitrogens is 1. The molecule has 35 heavy (non-hydrogen) atoms. The van der Waals surface area contributed by atoms with E-state index in [1.54, 1.807) is 19.1 Å². The van der Waals surface area contributed by atoms with Crippen molar-refractivity contribution in [1.29, 1.82) is 0 Å². The maximum Gasteiger partial charge on any atom is 0.350 e. The SMILES string of the molecule is C=CCOC(=O)c1sc(N2C(=O)c3oc4ccc(C)cc4c(=O)c3[C@@H]2c2ccc(C)cc2)nc1C. The monoisotopic (exact) mass is 486 g/mol. The molecule has 1 amide bonds. The first-order chi connectivity index (χ1) is 16.8. The van der Waals surface area contributed by atoms with Gasteiger partial charge in [-0.25, -0.2) is 9.78 Å². The van der Waals surface area contributed by atoms with E-state index >= 15 is 0 Å². The molecule has 2 aromatic carbocycles. The van der Waals surface area contributed by atoms with Crippen molar-refractivity contribution < 1.29 is 18.7 Å². The third-order valence-electron chi connectivity index (χ3n) is 5.93. The van der Waals surface area contributed by atoms with Crippen molar-refractivity contribution in [3.63, 3.8) is 0 Å². The summed E-state index contributed by atoms with van der Waals surface area (Å²) in [6.07, 6.45) is 1.48. The number of nitrogens with zero attached hydrogens (tertiary/aromatic N) is 2. The second-order valence-electron chi connectivity index (χ2n) is 8.46. The van der Waals surface area contributed by atoms with Crippen LogP contribution in [0.5, 0.6) is 0 Å². The quantitative estimate of drug-likeness (QED) is 0.282. The van der Waals surface area contributed by atoms with Gasteiger partial charge in [-0.05, 0) is 38.5 Å². The molecule has 0 unspecified atom stereocenters. The lowest BCUT2D eigenvalue weighted by molar-refractivity contribution is 0.0554. The predicted octanol–water partition coefficient (Wildman–Crippen LogP) is 5.27. The Balaban J connectivity index is 1.72. The molecule has 1 aliphatic heterocycles. The molecule has 0 radical (unpaired) electrons. The number of anilines is 1. The zero-order valence-electron chi connectivity index (χ0n) is 19.5. The minimum Gasteiger partial charge on any atom is -0.457 e. The molecule has 4 aromatic rings. The van der Waals surface area contributed by atoms with Crippen molar-refractivity contribution in [3.05, 3.63) is 104 Å². The second kappa shape index (κ2) is 8.63. The number of hydrogen-bond donors (Lipinski definition) is 0. The van der Waals surface area contributed by atoms with Crippen LogP contribution in [-0.2, 0) is 4.74 Å². The van der Waals surface area contributed by atoms with Gasteiger partial charge in [-0.15, -0.1) is 0 Å². The number of hydrogen-bond acceptors (Lipinski definition) is 7. The zero-order chi connectivity index (χ0) is 24.9. The van der Waals surface area contributed by atoms with Crippen LogP contribution >= 0.6 is 11.3 Å². The first kappa shape index (κ1) is 22.7. The summed E-state index contributed by atoms with van der Waals surface area (Å²) in [7, 11) is 0. The highest BCUT2D eigenvalue weighted by atomic mass is 32.1. The minimum atomic E-state index is -0.748. The molecule has 1 aliphatic rings. The van der Waals surface area contributed by atoms with Crippen LogP contribution < -0.4 is 10.3 Å². The molecular weight excluding hydrogens is 464 g/mol. The summed E-state index contributed by atoms with van der Waals surface area (Å²) < 4.78 is 11.2. The summed E-state index contributed by atoms with van der Waals surface area (Å²) in [6.45, 7) is 9.16. The first-order valence-electron chi connectivity index (χ1n) is 11.0. The van der Waals surface area contributed by atoms with E-state index in [1.807, 2.05) is 44.2 Å². The van der Waals surface area contributed by atoms with Crippen LogP contribution in [-0.4, -0.2) is 23.5 Å². The van der Waals surface area contributed by atoms with E-state index in [4.69, 9.17) is 9.15 Å². The Morgan fingerprint density at radius 3 is 2.57 bits per heavy atom. The number of amides is 1. The molecule has 0 saturated heterocycles. The Bertz CT molecular complexity index is 1570. The van der Waals surface area contributed by atoms with Crippen molar-refractivity contribution in [2.24, 2.45) is 0 Å². The molecule has 0 aliphatic carbocycles. The van der Waals surface area contributed by atoms with Gasteiger partial charge in [0.2, 0.25) is 5.76 Å². The molecule has 176 valence electrons. The van der Waals surface area contributed by atoms with E-state index in [-0.39, 0.29) is 33.4 Å². The molecule has 1 atom stereocenters. The van der Waals surface area contributed by atoms with Gasteiger partial charge in [-0.1, -0.05) is 65.5 Å². The highest BCUT2D eigenvalue weighted by Crippen LogP contribution is 2.43. The largest absolute Gasteiger partial charge is 0.457 e. The highest BCUT2D eigenvalue weighted by Gasteiger charge is 2.45. The maximum absolute atomic E-state index is 13.7. The molecule has 8 heteroatoms. The van der Waals surface area contributed by atoms with Crippen molar-refractivity contribution >= 4 is 39.3 Å². The van der Waals surface area contributed by atoms with Crippen molar-refractivity contribution in [3.8, 4) is 0 Å².